The number of hydrogen-bond acceptors (Lipinski definition) is 4. The van der Waals surface area contributed by atoms with E-state index < -0.39 is 10.0 Å². The second kappa shape index (κ2) is 7.38. The quantitative estimate of drug-likeness (QED) is 0.846. The van der Waals surface area contributed by atoms with E-state index in [2.05, 4.69) is 10.0 Å². The second-order valence-corrected chi connectivity index (χ2v) is 8.28. The number of fused-ring (bicyclic) bond motifs is 2. The first-order valence-electron chi connectivity index (χ1n) is 7.97. The molecule has 2 saturated heterocycles. The highest BCUT2D eigenvalue weighted by molar-refractivity contribution is 7.89. The number of halogens is 1. The van der Waals surface area contributed by atoms with Crippen LogP contribution in [0, 0.1) is 0 Å². The minimum atomic E-state index is -3.46. The third-order valence-corrected chi connectivity index (χ3v) is 5.84. The van der Waals surface area contributed by atoms with Crippen LogP contribution in [-0.4, -0.2) is 32.6 Å². The van der Waals surface area contributed by atoms with Crippen molar-refractivity contribution in [2.24, 2.45) is 0 Å². The Balaban J connectivity index is 0.00000192. The van der Waals surface area contributed by atoms with Gasteiger partial charge in [0.05, 0.1) is 11.0 Å². The average molecular weight is 361 g/mol. The standard InChI is InChI=1S/C16H24N2O3S.ClH/c1-11(2)21-15-5-7-16(8-6-15)22(19,20)18-14-9-12-3-4-13(10-14)17-12;/h5-8,11-14,17-18H,3-4,9-10H2,1-2H3;1H. The summed E-state index contributed by atoms with van der Waals surface area (Å²) in [7, 11) is -3.46. The van der Waals surface area contributed by atoms with E-state index >= 15 is 0 Å². The Morgan fingerprint density at radius 1 is 1.13 bits per heavy atom. The van der Waals surface area contributed by atoms with E-state index in [4.69, 9.17) is 4.74 Å². The monoisotopic (exact) mass is 360 g/mol. The predicted molar refractivity (Wildman–Crippen MR) is 92.7 cm³/mol. The number of sulfonamides is 1. The van der Waals surface area contributed by atoms with Crippen LogP contribution >= 0.6 is 12.4 Å². The lowest BCUT2D eigenvalue weighted by atomic mass is 10.0. The summed E-state index contributed by atoms with van der Waals surface area (Å²) in [5.74, 6) is 0.689. The molecule has 130 valence electrons. The molecule has 2 bridgehead atoms. The molecule has 2 heterocycles. The molecule has 0 aromatic heterocycles. The van der Waals surface area contributed by atoms with Crippen molar-refractivity contribution < 1.29 is 13.2 Å². The Morgan fingerprint density at radius 3 is 2.22 bits per heavy atom. The Bertz CT molecular complexity index is 607. The molecule has 7 heteroatoms. The molecule has 23 heavy (non-hydrogen) atoms. The van der Waals surface area contributed by atoms with Gasteiger partial charge >= 0.3 is 0 Å². The maximum Gasteiger partial charge on any atom is 0.240 e. The number of piperidine rings is 1. The molecule has 5 nitrogen and oxygen atoms in total. The normalized spacial score (nSPS) is 26.8. The van der Waals surface area contributed by atoms with E-state index in [9.17, 15) is 8.42 Å². The maximum atomic E-state index is 12.5. The number of ether oxygens (including phenoxy) is 1. The fraction of sp³-hybridized carbons (Fsp3) is 0.625. The molecule has 0 saturated carbocycles. The lowest BCUT2D eigenvalue weighted by Crippen LogP contribution is -2.47. The van der Waals surface area contributed by atoms with Gasteiger partial charge in [-0.05, 0) is 63.8 Å². The number of rotatable bonds is 5. The second-order valence-electron chi connectivity index (χ2n) is 6.57. The highest BCUT2D eigenvalue weighted by atomic mass is 35.5. The first-order valence-corrected chi connectivity index (χ1v) is 9.46. The van der Waals surface area contributed by atoms with Crippen molar-refractivity contribution in [2.45, 2.75) is 68.7 Å². The van der Waals surface area contributed by atoms with E-state index in [0.717, 1.165) is 25.7 Å². The molecule has 3 rings (SSSR count). The topological polar surface area (TPSA) is 67.4 Å². The highest BCUT2D eigenvalue weighted by Crippen LogP contribution is 2.28. The van der Waals surface area contributed by atoms with Gasteiger partial charge in [0.15, 0.2) is 0 Å². The molecule has 2 fully saturated rings. The van der Waals surface area contributed by atoms with Gasteiger partial charge in [-0.25, -0.2) is 13.1 Å². The van der Waals surface area contributed by atoms with Crippen LogP contribution in [0.25, 0.3) is 0 Å². The molecule has 2 N–H and O–H groups in total. The Hall–Kier alpha value is -0.820. The zero-order valence-corrected chi connectivity index (χ0v) is 15.1. The van der Waals surface area contributed by atoms with Crippen molar-refractivity contribution >= 4 is 22.4 Å². The summed E-state index contributed by atoms with van der Waals surface area (Å²) in [4.78, 5) is 0.300. The van der Waals surface area contributed by atoms with Gasteiger partial charge in [0.25, 0.3) is 0 Å². The molecule has 1 aromatic carbocycles. The van der Waals surface area contributed by atoms with Gasteiger partial charge in [0.1, 0.15) is 5.75 Å². The molecule has 2 aliphatic heterocycles. The SMILES string of the molecule is CC(C)Oc1ccc(S(=O)(=O)NC2CC3CCC(C2)N3)cc1.Cl. The summed E-state index contributed by atoms with van der Waals surface area (Å²) >= 11 is 0. The van der Waals surface area contributed by atoms with Crippen LogP contribution in [0.1, 0.15) is 39.5 Å². The number of benzene rings is 1. The van der Waals surface area contributed by atoms with Crippen LogP contribution in [0.5, 0.6) is 5.75 Å². The lowest BCUT2D eigenvalue weighted by Gasteiger charge is -2.29. The molecule has 2 unspecified atom stereocenters. The van der Waals surface area contributed by atoms with Crippen LogP contribution in [0.2, 0.25) is 0 Å². The highest BCUT2D eigenvalue weighted by Gasteiger charge is 2.35. The van der Waals surface area contributed by atoms with E-state index in [1.165, 1.54) is 0 Å². The summed E-state index contributed by atoms with van der Waals surface area (Å²) in [6.45, 7) is 3.88. The van der Waals surface area contributed by atoms with Gasteiger partial charge in [-0.1, -0.05) is 0 Å². The van der Waals surface area contributed by atoms with Crippen molar-refractivity contribution in [1.82, 2.24) is 10.0 Å². The molecular weight excluding hydrogens is 336 g/mol. The molecule has 0 amide bonds. The Kier molecular flexibility index (Phi) is 5.94. The van der Waals surface area contributed by atoms with Crippen LogP contribution in [0.15, 0.2) is 29.2 Å². The van der Waals surface area contributed by atoms with Gasteiger partial charge in [-0.3, -0.25) is 0 Å². The van der Waals surface area contributed by atoms with Crippen LogP contribution in [-0.2, 0) is 10.0 Å². The van der Waals surface area contributed by atoms with Crippen LogP contribution in [0.4, 0.5) is 0 Å². The molecular formula is C16H25ClN2O3S. The van der Waals surface area contributed by atoms with Gasteiger partial charge in [-0.2, -0.15) is 0 Å². The number of nitrogens with one attached hydrogen (secondary N) is 2. The van der Waals surface area contributed by atoms with E-state index in [0.29, 0.717) is 22.7 Å². The van der Waals surface area contributed by atoms with E-state index in [-0.39, 0.29) is 24.6 Å². The number of hydrogen-bond donors (Lipinski definition) is 2. The maximum absolute atomic E-state index is 12.5. The zero-order chi connectivity index (χ0) is 15.7. The Labute approximate surface area is 144 Å². The summed E-state index contributed by atoms with van der Waals surface area (Å²) in [5.41, 5.74) is 0. The fourth-order valence-corrected chi connectivity index (χ4v) is 4.67. The van der Waals surface area contributed by atoms with Crippen LogP contribution in [0.3, 0.4) is 0 Å². The van der Waals surface area contributed by atoms with Crippen LogP contribution < -0.4 is 14.8 Å². The van der Waals surface area contributed by atoms with Gasteiger partial charge in [0.2, 0.25) is 10.0 Å². The zero-order valence-electron chi connectivity index (χ0n) is 13.5. The molecule has 0 radical (unpaired) electrons. The largest absolute Gasteiger partial charge is 0.491 e. The summed E-state index contributed by atoms with van der Waals surface area (Å²) < 4.78 is 33.4. The third kappa shape index (κ3) is 4.59. The molecule has 0 spiro atoms. The fourth-order valence-electron chi connectivity index (χ4n) is 3.41. The molecule has 2 aliphatic rings. The Morgan fingerprint density at radius 2 is 1.70 bits per heavy atom. The smallest absolute Gasteiger partial charge is 0.240 e. The van der Waals surface area contributed by atoms with Gasteiger partial charge in [-0.15, -0.1) is 12.4 Å². The van der Waals surface area contributed by atoms with E-state index in [1.807, 2.05) is 13.8 Å². The van der Waals surface area contributed by atoms with Crippen molar-refractivity contribution in [1.29, 1.82) is 0 Å². The first-order chi connectivity index (χ1) is 10.4. The summed E-state index contributed by atoms with van der Waals surface area (Å²) in [6, 6.07) is 7.60. The molecule has 2 atom stereocenters. The van der Waals surface area contributed by atoms with Crippen molar-refractivity contribution in [3.05, 3.63) is 24.3 Å². The van der Waals surface area contributed by atoms with Crippen molar-refractivity contribution in [2.75, 3.05) is 0 Å². The summed E-state index contributed by atoms with van der Waals surface area (Å²) in [5, 5.41) is 3.52. The third-order valence-electron chi connectivity index (χ3n) is 4.30. The first kappa shape index (κ1) is 18.5. The summed E-state index contributed by atoms with van der Waals surface area (Å²) in [6.07, 6.45) is 4.15. The minimum Gasteiger partial charge on any atom is -0.491 e. The lowest BCUT2D eigenvalue weighted by molar-refractivity contribution is 0.242. The molecule has 1 aromatic rings. The predicted octanol–water partition coefficient (Wildman–Crippen LogP) is 2.46. The molecule has 0 aliphatic carbocycles. The average Bonchev–Trinajstić information content (AvgIpc) is 2.77. The minimum absolute atomic E-state index is 0. The van der Waals surface area contributed by atoms with Gasteiger partial charge in [0, 0.05) is 18.1 Å². The van der Waals surface area contributed by atoms with Gasteiger partial charge < -0.3 is 10.1 Å². The van der Waals surface area contributed by atoms with Crippen molar-refractivity contribution in [3.8, 4) is 5.75 Å². The van der Waals surface area contributed by atoms with Crippen molar-refractivity contribution in [3.63, 3.8) is 0 Å². The van der Waals surface area contributed by atoms with E-state index in [1.54, 1.807) is 24.3 Å².